The van der Waals surface area contributed by atoms with Gasteiger partial charge in [-0.2, -0.15) is 0 Å². The number of piperazine rings is 1. The van der Waals surface area contributed by atoms with Crippen LogP contribution in [0.1, 0.15) is 60.2 Å². The molecule has 12 heteroatoms. The zero-order valence-corrected chi connectivity index (χ0v) is 24.6. The molecule has 11 nitrogen and oxygen atoms in total. The largest absolute Gasteiger partial charge is 0.444 e. The van der Waals surface area contributed by atoms with E-state index in [1.807, 2.05) is 6.92 Å². The predicted molar refractivity (Wildman–Crippen MR) is 148 cm³/mol. The van der Waals surface area contributed by atoms with E-state index in [0.29, 0.717) is 55.0 Å². The van der Waals surface area contributed by atoms with Gasteiger partial charge in [0, 0.05) is 51.0 Å². The third-order valence-corrected chi connectivity index (χ3v) is 7.63. The molecule has 0 saturated carbocycles. The molecule has 2 saturated heterocycles. The number of nitrogens with zero attached hydrogens (tertiary/aromatic N) is 5. The van der Waals surface area contributed by atoms with Gasteiger partial charge >= 0.3 is 6.09 Å². The summed E-state index contributed by atoms with van der Waals surface area (Å²) in [6.45, 7) is 9.34. The van der Waals surface area contributed by atoms with Crippen LogP contribution >= 0.6 is 15.9 Å². The molecular formula is C27H35BrN6O5. The molecular weight excluding hydrogens is 568 g/mol. The zero-order valence-electron chi connectivity index (χ0n) is 23.0. The van der Waals surface area contributed by atoms with Crippen molar-refractivity contribution in [2.45, 2.75) is 52.2 Å². The third kappa shape index (κ3) is 6.43. The Morgan fingerprint density at radius 2 is 1.72 bits per heavy atom. The van der Waals surface area contributed by atoms with Crippen molar-refractivity contribution in [3.63, 3.8) is 0 Å². The molecule has 3 heterocycles. The van der Waals surface area contributed by atoms with Gasteiger partial charge in [-0.25, -0.2) is 9.78 Å². The normalized spacial score (nSPS) is 17.8. The van der Waals surface area contributed by atoms with Crippen molar-refractivity contribution >= 4 is 45.4 Å². The molecule has 0 bridgehead atoms. The Hall–Kier alpha value is -3.41. The number of nitrogens with one attached hydrogen (secondary N) is 1. The lowest BCUT2D eigenvalue weighted by atomic mass is 10.1. The summed E-state index contributed by atoms with van der Waals surface area (Å²) in [4.78, 5) is 60.8. The van der Waals surface area contributed by atoms with Crippen LogP contribution in [-0.4, -0.2) is 92.4 Å². The Morgan fingerprint density at radius 3 is 2.31 bits per heavy atom. The number of amides is 4. The number of carbonyl (C=O) groups excluding carboxylic acids is 4. The maximum atomic E-state index is 13.3. The van der Waals surface area contributed by atoms with E-state index in [2.05, 4.69) is 26.2 Å². The molecule has 2 aromatic rings. The number of rotatable bonds is 4. The maximum absolute atomic E-state index is 13.3. The second kappa shape index (κ2) is 11.4. The van der Waals surface area contributed by atoms with Gasteiger partial charge in [-0.3, -0.25) is 19.3 Å². The lowest BCUT2D eigenvalue weighted by molar-refractivity contribution is -0.137. The van der Waals surface area contributed by atoms with E-state index in [-0.39, 0.29) is 23.5 Å². The molecule has 0 aliphatic carbocycles. The monoisotopic (exact) mass is 602 g/mol. The average Bonchev–Trinajstić information content (AvgIpc) is 3.49. The van der Waals surface area contributed by atoms with Gasteiger partial charge in [0.2, 0.25) is 5.91 Å². The summed E-state index contributed by atoms with van der Waals surface area (Å²) in [6.07, 6.45) is 2.45. The van der Waals surface area contributed by atoms with E-state index < -0.39 is 17.7 Å². The number of ether oxygens (including phenoxy) is 1. The molecule has 4 rings (SSSR count). The van der Waals surface area contributed by atoms with Crippen molar-refractivity contribution in [2.75, 3.05) is 38.0 Å². The Morgan fingerprint density at radius 1 is 1.05 bits per heavy atom. The smallest absolute Gasteiger partial charge is 0.410 e. The number of hydrogen-bond donors (Lipinski definition) is 1. The quantitative estimate of drug-likeness (QED) is 0.573. The Kier molecular flexibility index (Phi) is 8.34. The summed E-state index contributed by atoms with van der Waals surface area (Å²) in [5.74, 6) is -0.308. The van der Waals surface area contributed by atoms with Crippen LogP contribution < -0.4 is 5.32 Å². The van der Waals surface area contributed by atoms with E-state index >= 15 is 0 Å². The van der Waals surface area contributed by atoms with Gasteiger partial charge in [0.25, 0.3) is 11.8 Å². The Labute approximate surface area is 236 Å². The molecule has 2 aliphatic heterocycles. The number of benzene rings is 1. The van der Waals surface area contributed by atoms with Crippen LogP contribution in [0.4, 0.5) is 10.5 Å². The number of imidazole rings is 1. The van der Waals surface area contributed by atoms with Gasteiger partial charge in [-0.15, -0.1) is 0 Å². The average molecular weight is 604 g/mol. The summed E-state index contributed by atoms with van der Waals surface area (Å²) in [5, 5.41) is 2.82. The van der Waals surface area contributed by atoms with Crippen molar-refractivity contribution in [3.8, 4) is 0 Å². The number of hydrogen-bond acceptors (Lipinski definition) is 6. The van der Waals surface area contributed by atoms with E-state index in [4.69, 9.17) is 4.74 Å². The van der Waals surface area contributed by atoms with Crippen molar-refractivity contribution in [1.82, 2.24) is 24.3 Å². The van der Waals surface area contributed by atoms with E-state index in [1.54, 1.807) is 66.6 Å². The van der Waals surface area contributed by atoms with Crippen molar-refractivity contribution < 1.29 is 23.9 Å². The molecule has 1 aromatic heterocycles. The minimum Gasteiger partial charge on any atom is -0.444 e. The number of aryl methyl sites for hydroxylation is 1. The fourth-order valence-electron chi connectivity index (χ4n) is 4.84. The minimum atomic E-state index is -0.627. The summed E-state index contributed by atoms with van der Waals surface area (Å²) in [5.41, 5.74) is 1.21. The molecule has 2 fully saturated rings. The highest BCUT2D eigenvalue weighted by Gasteiger charge is 2.39. The fourth-order valence-corrected chi connectivity index (χ4v) is 5.11. The van der Waals surface area contributed by atoms with E-state index in [9.17, 15) is 19.2 Å². The lowest BCUT2D eigenvalue weighted by Gasteiger charge is -2.37. The van der Waals surface area contributed by atoms with Gasteiger partial charge in [-0.1, -0.05) is 0 Å². The first kappa shape index (κ1) is 28.6. The summed E-state index contributed by atoms with van der Waals surface area (Å²) >= 11 is 3.33. The molecule has 1 unspecified atom stereocenters. The molecule has 1 atom stereocenters. The van der Waals surface area contributed by atoms with Gasteiger partial charge in [0.05, 0.1) is 6.20 Å². The van der Waals surface area contributed by atoms with Crippen LogP contribution in [-0.2, 0) is 16.6 Å². The lowest BCUT2D eigenvalue weighted by Crippen LogP contribution is -2.55. The van der Waals surface area contributed by atoms with Gasteiger partial charge < -0.3 is 24.4 Å². The highest BCUT2D eigenvalue weighted by molar-refractivity contribution is 9.10. The number of anilines is 1. The summed E-state index contributed by atoms with van der Waals surface area (Å²) < 4.78 is 7.81. The number of halogens is 1. The van der Waals surface area contributed by atoms with Crippen LogP contribution in [0, 0.1) is 6.92 Å². The van der Waals surface area contributed by atoms with Crippen molar-refractivity contribution in [3.05, 3.63) is 46.0 Å². The standard InChI is InChI=1S/C27H35BrN6O5/c1-17-15-18(30-23(35)22-29-16-21(28)31(22)5)8-9-19(17)24(36)32-11-13-33(14-12-32)25(37)20-7-6-10-34(20)26(38)39-27(2,3)4/h8-9,15-16,20H,6-7,10-14H2,1-5H3,(H,30,35). The van der Waals surface area contributed by atoms with Crippen LogP contribution in [0.2, 0.25) is 0 Å². The highest BCUT2D eigenvalue weighted by atomic mass is 79.9. The second-order valence-corrected chi connectivity index (χ2v) is 11.7. The first-order valence-corrected chi connectivity index (χ1v) is 13.8. The first-order valence-electron chi connectivity index (χ1n) is 13.0. The topological polar surface area (TPSA) is 117 Å². The van der Waals surface area contributed by atoms with E-state index in [1.165, 1.54) is 4.90 Å². The van der Waals surface area contributed by atoms with Crippen molar-refractivity contribution in [2.24, 2.45) is 7.05 Å². The van der Waals surface area contributed by atoms with Crippen LogP contribution in [0.5, 0.6) is 0 Å². The van der Waals surface area contributed by atoms with Crippen molar-refractivity contribution in [1.29, 1.82) is 0 Å². The molecule has 4 amide bonds. The predicted octanol–water partition coefficient (Wildman–Crippen LogP) is 3.43. The summed E-state index contributed by atoms with van der Waals surface area (Å²) in [6, 6.07) is 4.63. The fraction of sp³-hybridized carbons (Fsp3) is 0.519. The zero-order chi connectivity index (χ0) is 28.5. The second-order valence-electron chi connectivity index (χ2n) is 10.9. The number of aromatic nitrogens is 2. The Balaban J connectivity index is 1.34. The molecule has 2 aliphatic rings. The first-order chi connectivity index (χ1) is 18.4. The third-order valence-electron chi connectivity index (χ3n) is 6.89. The molecule has 0 radical (unpaired) electrons. The van der Waals surface area contributed by atoms with Gasteiger partial charge in [0.1, 0.15) is 16.2 Å². The van der Waals surface area contributed by atoms with Gasteiger partial charge in [-0.05, 0) is 80.2 Å². The van der Waals surface area contributed by atoms with Crippen LogP contribution in [0.15, 0.2) is 29.0 Å². The minimum absolute atomic E-state index is 0.0959. The molecule has 1 N–H and O–H groups in total. The van der Waals surface area contributed by atoms with Gasteiger partial charge in [0.15, 0.2) is 5.82 Å². The molecule has 39 heavy (non-hydrogen) atoms. The number of likely N-dealkylation sites (tertiary alicyclic amines) is 1. The molecule has 210 valence electrons. The molecule has 1 aromatic carbocycles. The molecule has 0 spiro atoms. The Bertz CT molecular complexity index is 1280. The van der Waals surface area contributed by atoms with E-state index in [0.717, 1.165) is 12.0 Å². The maximum Gasteiger partial charge on any atom is 0.410 e. The summed E-state index contributed by atoms with van der Waals surface area (Å²) in [7, 11) is 1.73. The highest BCUT2D eigenvalue weighted by Crippen LogP contribution is 2.24. The SMILES string of the molecule is Cc1cc(NC(=O)c2ncc(Br)n2C)ccc1C(=O)N1CCN(C(=O)C2CCCN2C(=O)OC(C)(C)C)CC1. The van der Waals surface area contributed by atoms with Crippen LogP contribution in [0.25, 0.3) is 0 Å². The number of carbonyl (C=O) groups is 4. The van der Waals surface area contributed by atoms with Crippen LogP contribution in [0.3, 0.4) is 0 Å².